The Morgan fingerprint density at radius 3 is 0.857 bits per heavy atom. The maximum Gasteiger partial charge on any atom is 0.388 e. The molecule has 0 spiro atoms. The lowest BCUT2D eigenvalue weighted by Crippen LogP contribution is -2.80. The Kier molecular flexibility index (Phi) is 33.3. The molecule has 6 aromatic carbocycles. The van der Waals surface area contributed by atoms with Crippen molar-refractivity contribution in [3.8, 4) is 17.2 Å². The second-order valence-corrected chi connectivity index (χ2v) is 52.9. The average molecular weight is 1880 g/mol. The summed E-state index contributed by atoms with van der Waals surface area (Å²) >= 11 is 0. The van der Waals surface area contributed by atoms with Crippen LogP contribution < -0.4 is 4.52 Å². The number of phenolic OH excluding ortho intramolecular Hbond substituents is 3. The van der Waals surface area contributed by atoms with Crippen LogP contribution in [0, 0.1) is 26.2 Å². The molecule has 15 heteroatoms. The summed E-state index contributed by atoms with van der Waals surface area (Å²) in [7, 11) is -6.51. The first kappa shape index (κ1) is 107. The molecule has 12 nitrogen and oxygen atoms in total. The van der Waals surface area contributed by atoms with Crippen molar-refractivity contribution in [2.75, 3.05) is 0 Å². The maximum atomic E-state index is 15.1. The molecule has 3 N–H and O–H groups in total. The number of hydrogen-bond acceptors (Lipinski definition) is 12. The van der Waals surface area contributed by atoms with Crippen LogP contribution in [-0.2, 0) is 92.3 Å². The quantitative estimate of drug-likeness (QED) is 0.0246. The van der Waals surface area contributed by atoms with E-state index in [1.165, 1.54) is 145 Å². The van der Waals surface area contributed by atoms with Crippen LogP contribution in [0.1, 0.15) is 525 Å². The highest BCUT2D eigenvalue weighted by Gasteiger charge is 2.91. The summed E-state index contributed by atoms with van der Waals surface area (Å²) in [6.07, 6.45) is 39.2. The van der Waals surface area contributed by atoms with E-state index in [2.05, 4.69) is 287 Å². The van der Waals surface area contributed by atoms with Crippen molar-refractivity contribution < 1.29 is 55.4 Å². The molecule has 3 atom stereocenters. The standard InChI is InChI=1S/C118H181O12P3/c1-32-35-38-41-44-47-50-53-56-59-62-74-113(75-63-60-57-54-51-48-45-42-39-36-33-2)114(76-64-61-58-55-52-49-46-43-40-37-34-3,90-79-92(110(25,26)27)94(119)77-81(90)4)96-83(6)102-101(121)100(112(31,117-125-132(126-117)127-117)118-128-133(129-118)130-118)103(96)123-131(122-102)124-116(98-86(106(13,14)15)70-66-71-87(98)107(16,17)18,99-88(108(19,20)21)72-67-73-89(99)109(22,23)24)115(113,91-80-93(111(28,29)30)95(120)78-82(91)5)97-84(104(7,8)9)68-65-69-85(97)105(10,11)12/h65-73,77-80,119-121H,32-64,74-76H2,1-31H3. The third kappa shape index (κ3) is 20.3. The van der Waals surface area contributed by atoms with E-state index in [9.17, 15) is 14.7 Å². The van der Waals surface area contributed by atoms with E-state index in [4.69, 9.17) is 35.5 Å². The van der Waals surface area contributed by atoms with Crippen molar-refractivity contribution in [2.24, 2.45) is 5.41 Å². The molecule has 7 aliphatic heterocycles. The van der Waals surface area contributed by atoms with E-state index in [0.29, 0.717) is 24.8 Å². The highest BCUT2D eigenvalue weighted by molar-refractivity contribution is 7.45. The molecule has 2 aromatic heterocycles. The van der Waals surface area contributed by atoms with Gasteiger partial charge in [-0.15, -0.1) is 0 Å². The Balaban J connectivity index is 1.52. The van der Waals surface area contributed by atoms with Crippen LogP contribution in [-0.4, -0.2) is 27.3 Å². The van der Waals surface area contributed by atoms with Crippen LogP contribution in [0.2, 0.25) is 0 Å². The first-order valence-corrected chi connectivity index (χ1v) is 56.2. The zero-order chi connectivity index (χ0) is 97.5. The number of phenols is 3. The minimum Gasteiger partial charge on any atom is -0.508 e. The van der Waals surface area contributed by atoms with Crippen LogP contribution in [0.5, 0.6) is 17.2 Å². The number of benzene rings is 6. The lowest BCUT2D eigenvalue weighted by atomic mass is 9.33. The van der Waals surface area contributed by atoms with Gasteiger partial charge in [-0.2, -0.15) is 0 Å². The molecule has 6 saturated heterocycles. The van der Waals surface area contributed by atoms with Crippen LogP contribution in [0.25, 0.3) is 11.2 Å². The monoisotopic (exact) mass is 1880 g/mol. The van der Waals surface area contributed by atoms with Crippen molar-refractivity contribution in [3.63, 3.8) is 0 Å². The van der Waals surface area contributed by atoms with E-state index in [-0.39, 0.29) is 28.4 Å². The number of aryl methyl sites for hydroxylation is 3. The van der Waals surface area contributed by atoms with Crippen LogP contribution in [0.3, 0.4) is 0 Å². The molecule has 6 fully saturated rings. The van der Waals surface area contributed by atoms with Gasteiger partial charge in [0.1, 0.15) is 22.7 Å². The molecule has 0 radical (unpaired) electrons. The Bertz CT molecular complexity index is 4870. The van der Waals surface area contributed by atoms with E-state index in [1.54, 1.807) is 0 Å². The van der Waals surface area contributed by atoms with Crippen molar-refractivity contribution in [2.45, 2.75) is 523 Å². The van der Waals surface area contributed by atoms with Crippen molar-refractivity contribution in [3.05, 3.63) is 179 Å². The lowest BCUT2D eigenvalue weighted by Gasteiger charge is -2.71. The highest BCUT2D eigenvalue weighted by Crippen LogP contribution is 2.89. The average Bonchev–Trinajstić information content (AvgIpc) is 1.61. The number of aromatic hydroxyl groups is 3. The minimum absolute atomic E-state index is 0.192. The van der Waals surface area contributed by atoms with Gasteiger partial charge in [-0.05, 0) is 186 Å². The Morgan fingerprint density at radius 1 is 0.293 bits per heavy atom. The Labute approximate surface area is 811 Å². The SMILES string of the molecule is CCCCCCCCCCCCCC1(c2cc(C(C)(C)C)c(O)cc2C)c2c(C)c3op(oc2c(C(C)(C24OP(O2)O4)C24OP(O2)O4)c3O)OC(c2c(C(C)(C)C)cccc2C(C)(C)C)(c2c(C(C)(C)C)cccc2C(C)(C)C)C(c2cc(C(C)(C)C)c(O)cc2C)(c2c(C(C)(C)C)cccc2C(C)(C)C)C1(CCCCCCCCCCCCC)CCCCCCCCCCCCC. The first-order valence-electron chi connectivity index (χ1n) is 52.9. The third-order valence-electron chi connectivity index (χ3n) is 31.4. The second kappa shape index (κ2) is 41.4. The van der Waals surface area contributed by atoms with E-state index in [1.807, 2.05) is 6.92 Å². The fourth-order valence-corrected chi connectivity index (χ4v) is 28.3. The predicted octanol–water partition coefficient (Wildman–Crippen LogP) is 36.9. The Morgan fingerprint density at radius 2 is 0.564 bits per heavy atom. The second-order valence-electron chi connectivity index (χ2n) is 49.9. The van der Waals surface area contributed by atoms with Crippen LogP contribution in [0.15, 0.2) is 87.3 Å². The minimum atomic E-state index is -2.96. The summed E-state index contributed by atoms with van der Waals surface area (Å²) in [5.41, 5.74) is 4.92. The van der Waals surface area contributed by atoms with Gasteiger partial charge in [0.2, 0.25) is 0 Å². The summed E-state index contributed by atoms with van der Waals surface area (Å²) in [5, 5.41) is 42.9. The number of fused-ring (bicyclic) bond motifs is 1. The van der Waals surface area contributed by atoms with Gasteiger partial charge < -0.3 is 23.7 Å². The molecule has 9 heterocycles. The van der Waals surface area contributed by atoms with E-state index >= 15 is 5.11 Å². The molecule has 15 rings (SSSR count). The number of hydrogen-bond donors (Lipinski definition) is 3. The molecule has 7 aliphatic rings. The van der Waals surface area contributed by atoms with Gasteiger partial charge in [-0.3, -0.25) is 31.7 Å². The van der Waals surface area contributed by atoms with Gasteiger partial charge in [-0.1, -0.05) is 466 Å². The molecule has 0 saturated carbocycles. The highest BCUT2D eigenvalue weighted by atomic mass is 31.2. The van der Waals surface area contributed by atoms with Crippen LogP contribution in [0.4, 0.5) is 0 Å². The van der Waals surface area contributed by atoms with Crippen molar-refractivity contribution in [1.82, 2.24) is 0 Å². The number of unbranched alkanes of at least 4 members (excludes halogenated alkanes) is 30. The smallest absolute Gasteiger partial charge is 0.388 e. The number of rotatable bonds is 44. The van der Waals surface area contributed by atoms with Gasteiger partial charge in [0.25, 0.3) is 0 Å². The molecule has 3 unspecified atom stereocenters. The van der Waals surface area contributed by atoms with Crippen LogP contribution >= 0.6 is 25.4 Å². The first-order chi connectivity index (χ1) is 62.2. The summed E-state index contributed by atoms with van der Waals surface area (Å²) in [6, 6.07) is 31.4. The van der Waals surface area contributed by atoms with Gasteiger partial charge in [0, 0.05) is 22.0 Å². The molecule has 8 bridgehead atoms. The molecule has 0 aliphatic carbocycles. The summed E-state index contributed by atoms with van der Waals surface area (Å²) in [5.74, 6) is -3.52. The van der Waals surface area contributed by atoms with Gasteiger partial charge >= 0.3 is 37.4 Å². The zero-order valence-electron chi connectivity index (χ0n) is 89.3. The molecule has 740 valence electrons. The third-order valence-corrected chi connectivity index (χ3v) is 34.8. The summed E-state index contributed by atoms with van der Waals surface area (Å²) in [6.45, 7) is 73.7. The molecular weight excluding hydrogens is 1700 g/mol. The topological polar surface area (TPSA) is 152 Å². The van der Waals surface area contributed by atoms with Gasteiger partial charge in [0.15, 0.2) is 16.7 Å². The molecule has 8 aromatic rings. The van der Waals surface area contributed by atoms with Crippen molar-refractivity contribution in [1.29, 1.82) is 0 Å². The van der Waals surface area contributed by atoms with E-state index < -0.39 is 108 Å². The molecular formula is C118H181O12P3. The van der Waals surface area contributed by atoms with Gasteiger partial charge in [-0.25, -0.2) is 0 Å². The maximum absolute atomic E-state index is 15.1. The Hall–Kier alpha value is -4.80. The fraction of sp³-hybridized carbons (Fsp3) is 0.695. The van der Waals surface area contributed by atoms with Gasteiger partial charge in [0.05, 0.1) is 11.0 Å². The van der Waals surface area contributed by atoms with E-state index in [0.717, 1.165) is 161 Å². The fourth-order valence-electron chi connectivity index (χ4n) is 24.6. The lowest BCUT2D eigenvalue weighted by molar-refractivity contribution is -0.531. The predicted molar refractivity (Wildman–Crippen MR) is 559 cm³/mol. The normalized spacial score (nSPS) is 22.0. The molecule has 133 heavy (non-hydrogen) atoms. The zero-order valence-corrected chi connectivity index (χ0v) is 92.0. The molecule has 0 amide bonds. The van der Waals surface area contributed by atoms with Crippen molar-refractivity contribution >= 4 is 36.6 Å². The largest absolute Gasteiger partial charge is 0.508 e. The summed E-state index contributed by atoms with van der Waals surface area (Å²) in [4.78, 5) is 0. The summed E-state index contributed by atoms with van der Waals surface area (Å²) < 4.78 is 69.7.